The van der Waals surface area contributed by atoms with E-state index >= 15 is 0 Å². The van der Waals surface area contributed by atoms with Gasteiger partial charge in [-0.1, -0.05) is 133 Å². The van der Waals surface area contributed by atoms with Gasteiger partial charge < -0.3 is 4.74 Å². The summed E-state index contributed by atoms with van der Waals surface area (Å²) in [4.78, 5) is 0. The molecule has 0 atom stereocenters. The maximum absolute atomic E-state index is 9.84. The lowest BCUT2D eigenvalue weighted by Gasteiger charge is -2.24. The van der Waals surface area contributed by atoms with Gasteiger partial charge in [-0.25, -0.2) is 0 Å². The minimum Gasteiger partial charge on any atom is -0.456 e. The van der Waals surface area contributed by atoms with E-state index in [0.29, 0.717) is 11.3 Å². The van der Waals surface area contributed by atoms with Crippen molar-refractivity contribution in [3.05, 3.63) is 158 Å². The van der Waals surface area contributed by atoms with Crippen LogP contribution in [0.15, 0.2) is 158 Å². The highest BCUT2D eigenvalue weighted by atomic mass is 16.5. The third kappa shape index (κ3) is 3.43. The second-order valence-electron chi connectivity index (χ2n) is 12.1. The molecule has 0 spiro atoms. The van der Waals surface area contributed by atoms with Gasteiger partial charge in [0.25, 0.3) is 0 Å². The highest BCUT2D eigenvalue weighted by Gasteiger charge is 2.24. The predicted octanol–water partition coefficient (Wildman–Crippen LogP) is 13.2. The fourth-order valence-electron chi connectivity index (χ4n) is 7.62. The quantitative estimate of drug-likeness (QED) is 0.179. The van der Waals surface area contributed by atoms with Crippen LogP contribution in [-0.4, -0.2) is 0 Å². The van der Waals surface area contributed by atoms with Crippen molar-refractivity contribution < 1.29 is 17.1 Å². The molecule has 1 heteroatoms. The Morgan fingerprint density at radius 3 is 2.09 bits per heavy atom. The molecule has 0 saturated carbocycles. The molecule has 10 aromatic carbocycles. The molecule has 1 aliphatic heterocycles. The predicted molar refractivity (Wildman–Crippen MR) is 199 cm³/mol. The maximum atomic E-state index is 9.84. The van der Waals surface area contributed by atoms with E-state index in [2.05, 4.69) is 42.5 Å². The summed E-state index contributed by atoms with van der Waals surface area (Å²) in [6.45, 7) is 0. The fourth-order valence-corrected chi connectivity index (χ4v) is 7.62. The second kappa shape index (κ2) is 9.19. The van der Waals surface area contributed by atoms with Crippen molar-refractivity contribution in [1.29, 1.82) is 0 Å². The first-order valence-electron chi connectivity index (χ1n) is 20.0. The molecule has 0 aromatic heterocycles. The van der Waals surface area contributed by atoms with Gasteiger partial charge in [-0.05, 0) is 111 Å². The molecule has 0 amide bonds. The summed E-state index contributed by atoms with van der Waals surface area (Å²) in [6, 6.07) is 30.8. The van der Waals surface area contributed by atoms with Crippen LogP contribution in [-0.2, 0) is 0 Å². The van der Waals surface area contributed by atoms with Gasteiger partial charge in [0.1, 0.15) is 11.5 Å². The van der Waals surface area contributed by atoms with E-state index in [0.717, 1.165) is 60.3 Å². The Morgan fingerprint density at radius 2 is 1.17 bits per heavy atom. The van der Waals surface area contributed by atoms with Crippen molar-refractivity contribution >= 4 is 64.6 Å². The van der Waals surface area contributed by atoms with Gasteiger partial charge in [-0.2, -0.15) is 0 Å². The van der Waals surface area contributed by atoms with Gasteiger partial charge in [0.2, 0.25) is 0 Å². The largest absolute Gasteiger partial charge is 0.456 e. The number of fused-ring (bicyclic) bond motifs is 5. The summed E-state index contributed by atoms with van der Waals surface area (Å²) in [5.74, 6) is 1.46. The third-order valence-corrected chi connectivity index (χ3v) is 9.64. The van der Waals surface area contributed by atoms with Crippen molar-refractivity contribution in [1.82, 2.24) is 0 Å². The van der Waals surface area contributed by atoms with Crippen LogP contribution in [0.5, 0.6) is 11.5 Å². The molecule has 0 aliphatic carbocycles. The zero-order valence-electron chi connectivity index (χ0n) is 33.7. The van der Waals surface area contributed by atoms with Crippen LogP contribution in [0.4, 0.5) is 0 Å². The number of ether oxygens (including phenoxy) is 1. The number of rotatable bonds is 2. The lowest BCUT2D eigenvalue weighted by Crippen LogP contribution is -1.98. The van der Waals surface area contributed by atoms with Crippen LogP contribution in [0.3, 0.4) is 0 Å². The summed E-state index contributed by atoms with van der Waals surface area (Å²) in [6.07, 6.45) is 0. The van der Waals surface area contributed by atoms with Crippen LogP contribution in [0.25, 0.3) is 98.0 Å². The highest BCUT2D eigenvalue weighted by molar-refractivity contribution is 6.27. The summed E-state index contributed by atoms with van der Waals surface area (Å²) in [5.41, 5.74) is 4.16. The minimum absolute atomic E-state index is 0.00647. The SMILES string of the molecule is [2H]c1c([2H])c2c([2H])c([2H])c3c([2H])c([2H])c([2H])c4c(-c5ccc6ccccc6c5-c5ccc6c(c5)-c5cccc7c5c(cc5ccccc57)O6)c([2H])c(c1[2H])c2c34. The molecule has 1 nitrogen and oxygen atoms in total. The first kappa shape index (κ1) is 18.1. The normalized spacial score (nSPS) is 15.1. The van der Waals surface area contributed by atoms with Crippen molar-refractivity contribution in [2.45, 2.75) is 0 Å². The second-order valence-corrected chi connectivity index (χ2v) is 12.1. The molecule has 10 aromatic rings. The number of hydrogen-bond donors (Lipinski definition) is 0. The molecule has 1 heterocycles. The Hall–Kier alpha value is -6.18. The molecule has 0 unspecified atom stereocenters. The topological polar surface area (TPSA) is 9.23 Å². The lowest BCUT2D eigenvalue weighted by molar-refractivity contribution is 0.488. The van der Waals surface area contributed by atoms with Crippen molar-refractivity contribution in [2.24, 2.45) is 0 Å². The first-order chi connectivity index (χ1) is 27.1. The maximum Gasteiger partial charge on any atom is 0.136 e. The third-order valence-electron chi connectivity index (χ3n) is 9.64. The van der Waals surface area contributed by atoms with Gasteiger partial charge in [0.15, 0.2) is 0 Å². The van der Waals surface area contributed by atoms with Gasteiger partial charge in [0.05, 0.1) is 12.3 Å². The van der Waals surface area contributed by atoms with E-state index in [1.165, 1.54) is 0 Å². The Labute approximate surface area is 283 Å². The van der Waals surface area contributed by atoms with E-state index in [1.807, 2.05) is 60.7 Å². The Bertz CT molecular complexity index is 3450. The van der Waals surface area contributed by atoms with E-state index in [1.54, 1.807) is 0 Å². The van der Waals surface area contributed by atoms with Crippen molar-refractivity contribution in [2.75, 3.05) is 0 Å². The molecule has 0 bridgehead atoms. The van der Waals surface area contributed by atoms with Crippen LogP contribution in [0, 0.1) is 0 Å². The standard InChI is InChI=1S/C46H26O/c1-4-14-34-27(8-1)20-22-38(39-24-31-12-5-10-28-18-19-29-11-6-15-36(39)45(29)43(28)31)44(34)32-21-23-41-40(25-32)37-17-7-16-35-33-13-3-2-9-30(33)26-42(47-41)46(35)37/h1-26H/i5D,6D,10D,11D,12D,15D,18D,19D,24D. The molecule has 0 saturated heterocycles. The molecule has 0 radical (unpaired) electrons. The van der Waals surface area contributed by atoms with Gasteiger partial charge in [-0.3, -0.25) is 0 Å². The smallest absolute Gasteiger partial charge is 0.136 e. The van der Waals surface area contributed by atoms with Gasteiger partial charge in [-0.15, -0.1) is 0 Å². The zero-order valence-corrected chi connectivity index (χ0v) is 24.7. The van der Waals surface area contributed by atoms with Crippen LogP contribution >= 0.6 is 0 Å². The van der Waals surface area contributed by atoms with E-state index in [9.17, 15) is 2.74 Å². The molecular weight excluding hydrogens is 569 g/mol. The molecule has 47 heavy (non-hydrogen) atoms. The molecular formula is C46H26O. The molecule has 11 rings (SSSR count). The fraction of sp³-hybridized carbons (Fsp3) is 0. The monoisotopic (exact) mass is 603 g/mol. The Balaban J connectivity index is 1.29. The Kier molecular flexibility index (Phi) is 3.54. The van der Waals surface area contributed by atoms with Crippen LogP contribution < -0.4 is 4.74 Å². The summed E-state index contributed by atoms with van der Waals surface area (Å²) in [5, 5.41) is 6.39. The van der Waals surface area contributed by atoms with Crippen LogP contribution in [0.1, 0.15) is 12.3 Å². The van der Waals surface area contributed by atoms with Gasteiger partial charge >= 0.3 is 0 Å². The van der Waals surface area contributed by atoms with Gasteiger partial charge in [0, 0.05) is 10.9 Å². The van der Waals surface area contributed by atoms with E-state index < -0.39 is 36.3 Å². The molecule has 216 valence electrons. The number of hydrogen-bond acceptors (Lipinski definition) is 1. The van der Waals surface area contributed by atoms with E-state index in [4.69, 9.17) is 14.3 Å². The summed E-state index contributed by atoms with van der Waals surface area (Å²) < 4.78 is 88.1. The zero-order chi connectivity index (χ0) is 38.5. The first-order valence-corrected chi connectivity index (χ1v) is 15.5. The van der Waals surface area contributed by atoms with E-state index in [-0.39, 0.29) is 56.0 Å². The molecule has 0 fully saturated rings. The minimum atomic E-state index is -0.475. The summed E-state index contributed by atoms with van der Waals surface area (Å²) >= 11 is 0. The van der Waals surface area contributed by atoms with Crippen molar-refractivity contribution in [3.8, 4) is 44.9 Å². The average Bonchev–Trinajstić information content (AvgIpc) is 3.21. The van der Waals surface area contributed by atoms with Crippen LogP contribution in [0.2, 0.25) is 0 Å². The van der Waals surface area contributed by atoms with Crippen molar-refractivity contribution in [3.63, 3.8) is 0 Å². The highest BCUT2D eigenvalue weighted by Crippen LogP contribution is 2.51. The lowest BCUT2D eigenvalue weighted by atomic mass is 9.84. The number of benzene rings is 10. The molecule has 0 N–H and O–H groups in total. The Morgan fingerprint density at radius 1 is 0.404 bits per heavy atom. The summed E-state index contributed by atoms with van der Waals surface area (Å²) in [7, 11) is 0. The molecule has 1 aliphatic rings. The average molecular weight is 604 g/mol.